The lowest BCUT2D eigenvalue weighted by atomic mass is 10.1. The molecule has 0 unspecified atom stereocenters. The zero-order chi connectivity index (χ0) is 29.2. The molecule has 9 nitrogen and oxygen atoms in total. The van der Waals surface area contributed by atoms with E-state index in [1.165, 1.54) is 6.07 Å². The van der Waals surface area contributed by atoms with Crippen molar-refractivity contribution in [2.24, 2.45) is 0 Å². The van der Waals surface area contributed by atoms with Gasteiger partial charge in [-0.1, -0.05) is 35.9 Å². The molecular formula is C30H31ClN4O5S. The molecule has 0 radical (unpaired) electrons. The van der Waals surface area contributed by atoms with Crippen LogP contribution in [-0.4, -0.2) is 57.5 Å². The summed E-state index contributed by atoms with van der Waals surface area (Å²) in [6.45, 7) is 3.25. The van der Waals surface area contributed by atoms with E-state index in [0.717, 1.165) is 41.5 Å². The number of sulfonamides is 1. The molecule has 0 amide bonds. The summed E-state index contributed by atoms with van der Waals surface area (Å²) < 4.78 is 38.7. The smallest absolute Gasteiger partial charge is 0.323 e. The minimum absolute atomic E-state index is 0.0398. The van der Waals surface area contributed by atoms with Crippen molar-refractivity contribution in [2.75, 3.05) is 41.2 Å². The largest absolute Gasteiger partial charge is 0.489 e. The molecule has 2 heterocycles. The van der Waals surface area contributed by atoms with Crippen molar-refractivity contribution in [3.63, 3.8) is 0 Å². The number of halogens is 1. The number of anilines is 2. The summed E-state index contributed by atoms with van der Waals surface area (Å²) in [4.78, 5) is 18.5. The molecule has 0 atom stereocenters. The Kier molecular flexibility index (Phi) is 10.2. The number of rotatable bonds is 11. The van der Waals surface area contributed by atoms with Crippen LogP contribution in [0.4, 0.5) is 11.4 Å². The molecule has 11 heteroatoms. The Morgan fingerprint density at radius 2 is 2.00 bits per heavy atom. The van der Waals surface area contributed by atoms with E-state index >= 15 is 0 Å². The first kappa shape index (κ1) is 29.9. The lowest BCUT2D eigenvalue weighted by molar-refractivity contribution is -0.139. The number of hydrogen-bond donors (Lipinski definition) is 0. The van der Waals surface area contributed by atoms with E-state index in [2.05, 4.69) is 16.0 Å². The predicted molar refractivity (Wildman–Crippen MR) is 160 cm³/mol. The summed E-state index contributed by atoms with van der Waals surface area (Å²) in [6, 6.07) is 17.7. The third-order valence-electron chi connectivity index (χ3n) is 6.49. The number of ether oxygens (including phenoxy) is 2. The van der Waals surface area contributed by atoms with E-state index < -0.39 is 21.7 Å². The number of pyridine rings is 1. The molecule has 0 saturated carbocycles. The van der Waals surface area contributed by atoms with Crippen LogP contribution in [0.5, 0.6) is 5.75 Å². The summed E-state index contributed by atoms with van der Waals surface area (Å²) >= 11 is 6.58. The van der Waals surface area contributed by atoms with Gasteiger partial charge in [-0.3, -0.25) is 14.1 Å². The number of hydrogen-bond acceptors (Lipinski definition) is 8. The Hall–Kier alpha value is -4.07. The lowest BCUT2D eigenvalue weighted by Gasteiger charge is -2.33. The van der Waals surface area contributed by atoms with Crippen LogP contribution in [0.3, 0.4) is 0 Å². The molecule has 0 aliphatic carbocycles. The van der Waals surface area contributed by atoms with Crippen molar-refractivity contribution in [3.05, 3.63) is 89.2 Å². The number of carbonyl (C=O) groups excluding carboxylic acids is 1. The molecule has 1 fully saturated rings. The Balaban J connectivity index is 1.49. The van der Waals surface area contributed by atoms with Gasteiger partial charge in [0.05, 0.1) is 47.4 Å². The molecule has 1 aliphatic rings. The first-order valence-electron chi connectivity index (χ1n) is 13.2. The monoisotopic (exact) mass is 594 g/mol. The molecule has 4 rings (SSSR count). The number of carbonyl (C=O) groups is 1. The van der Waals surface area contributed by atoms with Crippen molar-refractivity contribution in [1.82, 2.24) is 4.98 Å². The van der Waals surface area contributed by atoms with E-state index in [-0.39, 0.29) is 30.0 Å². The van der Waals surface area contributed by atoms with Gasteiger partial charge in [-0.05, 0) is 55.0 Å². The number of nitrogens with zero attached hydrogens (tertiary/aromatic N) is 4. The zero-order valence-electron chi connectivity index (χ0n) is 22.6. The second-order valence-electron chi connectivity index (χ2n) is 9.36. The Morgan fingerprint density at radius 3 is 2.68 bits per heavy atom. The van der Waals surface area contributed by atoms with Crippen molar-refractivity contribution in [2.45, 2.75) is 25.9 Å². The quantitative estimate of drug-likeness (QED) is 0.283. The van der Waals surface area contributed by atoms with E-state index in [1.54, 1.807) is 61.7 Å². The Labute approximate surface area is 245 Å². The first-order chi connectivity index (χ1) is 19.8. The van der Waals surface area contributed by atoms with Crippen LogP contribution < -0.4 is 13.9 Å². The van der Waals surface area contributed by atoms with E-state index in [1.807, 2.05) is 18.3 Å². The number of benzene rings is 2. The van der Waals surface area contributed by atoms with E-state index in [9.17, 15) is 13.2 Å². The van der Waals surface area contributed by atoms with Crippen molar-refractivity contribution < 1.29 is 22.7 Å². The molecule has 214 valence electrons. The second-order valence-corrected chi connectivity index (χ2v) is 11.7. The van der Waals surface area contributed by atoms with Gasteiger partial charge in [0.1, 0.15) is 11.9 Å². The molecule has 0 spiro atoms. The molecule has 1 aliphatic heterocycles. The fourth-order valence-corrected chi connectivity index (χ4v) is 6.00. The number of esters is 1. The Bertz CT molecular complexity index is 1520. The Morgan fingerprint density at radius 1 is 1.20 bits per heavy atom. The summed E-state index contributed by atoms with van der Waals surface area (Å²) in [6.07, 6.45) is 8.51. The van der Waals surface area contributed by atoms with Crippen LogP contribution in [0, 0.1) is 11.3 Å². The second kappa shape index (κ2) is 14.0. The van der Waals surface area contributed by atoms with E-state index in [0.29, 0.717) is 11.3 Å². The van der Waals surface area contributed by atoms with Crippen molar-refractivity contribution >= 4 is 45.0 Å². The molecular weight excluding hydrogens is 564 g/mol. The maximum Gasteiger partial charge on any atom is 0.323 e. The van der Waals surface area contributed by atoms with Gasteiger partial charge in [0.15, 0.2) is 5.75 Å². The van der Waals surface area contributed by atoms with Crippen LogP contribution in [0.15, 0.2) is 73.1 Å². The van der Waals surface area contributed by atoms with Crippen LogP contribution in [-0.2, 0) is 19.6 Å². The minimum atomic E-state index is -4.11. The maximum atomic E-state index is 13.3. The molecule has 1 aromatic heterocycles. The van der Waals surface area contributed by atoms with Crippen LogP contribution >= 0.6 is 11.6 Å². The van der Waals surface area contributed by atoms with Gasteiger partial charge < -0.3 is 14.4 Å². The molecule has 0 bridgehead atoms. The van der Waals surface area contributed by atoms with E-state index in [4.69, 9.17) is 26.3 Å². The molecule has 41 heavy (non-hydrogen) atoms. The van der Waals surface area contributed by atoms with Gasteiger partial charge in [-0.25, -0.2) is 8.42 Å². The number of aromatic nitrogens is 1. The molecule has 0 N–H and O–H groups in total. The highest BCUT2D eigenvalue weighted by molar-refractivity contribution is 7.93. The molecule has 3 aromatic rings. The highest BCUT2D eigenvalue weighted by Crippen LogP contribution is 2.33. The van der Waals surface area contributed by atoms with Gasteiger partial charge in [-0.15, -0.1) is 0 Å². The van der Waals surface area contributed by atoms with Gasteiger partial charge in [0, 0.05) is 32.1 Å². The SMILES string of the molecule is CCOC(=O)CS(=O)(=O)N(CC=Cc1cccc(C#N)c1)c1ccc(OC2CCN(c3cccnc3)CC2)c(Cl)c1. The average Bonchev–Trinajstić information content (AvgIpc) is 2.97. The summed E-state index contributed by atoms with van der Waals surface area (Å²) in [7, 11) is -4.11. The highest BCUT2D eigenvalue weighted by atomic mass is 35.5. The standard InChI is InChI=1S/C30H31ClN4O5S/c1-2-39-30(36)22-41(37,38)35(15-5-8-23-6-3-7-24(18-23)20-32)25-10-11-29(28(31)19-25)40-27-12-16-34(17-13-27)26-9-4-14-33-21-26/h3-11,14,18-19,21,27H,2,12-13,15-17,22H2,1H3. The van der Waals surface area contributed by atoms with Crippen molar-refractivity contribution in [1.29, 1.82) is 5.26 Å². The van der Waals surface area contributed by atoms with Crippen LogP contribution in [0.25, 0.3) is 6.08 Å². The first-order valence-corrected chi connectivity index (χ1v) is 15.2. The predicted octanol–water partition coefficient (Wildman–Crippen LogP) is 5.07. The summed E-state index contributed by atoms with van der Waals surface area (Å²) in [5, 5.41) is 9.40. The van der Waals surface area contributed by atoms with Gasteiger partial charge in [0.2, 0.25) is 10.0 Å². The average molecular weight is 595 g/mol. The summed E-state index contributed by atoms with van der Waals surface area (Å²) in [5.41, 5.74) is 2.59. The van der Waals surface area contributed by atoms with Crippen molar-refractivity contribution in [3.8, 4) is 11.8 Å². The molecule has 2 aromatic carbocycles. The fourth-order valence-electron chi connectivity index (χ4n) is 4.50. The lowest BCUT2D eigenvalue weighted by Crippen LogP contribution is -2.38. The third kappa shape index (κ3) is 8.22. The maximum absolute atomic E-state index is 13.3. The number of piperidine rings is 1. The minimum Gasteiger partial charge on any atom is -0.489 e. The topological polar surface area (TPSA) is 113 Å². The highest BCUT2D eigenvalue weighted by Gasteiger charge is 2.27. The molecule has 1 saturated heterocycles. The normalized spacial score (nSPS) is 14.0. The van der Waals surface area contributed by atoms with Gasteiger partial charge in [-0.2, -0.15) is 5.26 Å². The van der Waals surface area contributed by atoms with Gasteiger partial charge >= 0.3 is 5.97 Å². The van der Waals surface area contributed by atoms with Gasteiger partial charge in [0.25, 0.3) is 0 Å². The third-order valence-corrected chi connectivity index (χ3v) is 8.42. The van der Waals surface area contributed by atoms with Crippen LogP contribution in [0.2, 0.25) is 5.02 Å². The fraction of sp³-hybridized carbons (Fsp3) is 0.300. The summed E-state index contributed by atoms with van der Waals surface area (Å²) in [5.74, 6) is -1.20. The number of nitriles is 1. The van der Waals surface area contributed by atoms with Crippen LogP contribution in [0.1, 0.15) is 30.9 Å². The zero-order valence-corrected chi connectivity index (χ0v) is 24.2.